The summed E-state index contributed by atoms with van der Waals surface area (Å²) in [6, 6.07) is 5.48. The maximum absolute atomic E-state index is 12.1. The zero-order valence-electron chi connectivity index (χ0n) is 11.5. The summed E-state index contributed by atoms with van der Waals surface area (Å²) >= 11 is 12.2. The van der Waals surface area contributed by atoms with E-state index in [0.29, 0.717) is 34.1 Å². The van der Waals surface area contributed by atoms with Crippen LogP contribution in [-0.2, 0) is 11.2 Å². The molecule has 1 nitrogen and oxygen atoms in total. The number of carbonyl (C=O) groups excluding carboxylic acids is 1. The van der Waals surface area contributed by atoms with E-state index in [-0.39, 0.29) is 5.92 Å². The Hall–Kier alpha value is -0.530. The van der Waals surface area contributed by atoms with E-state index in [1.165, 1.54) is 0 Å². The average molecular weight is 299 g/mol. The molecule has 2 atom stereocenters. The summed E-state index contributed by atoms with van der Waals surface area (Å²) in [5.41, 5.74) is 0.997. The van der Waals surface area contributed by atoms with E-state index in [2.05, 4.69) is 13.8 Å². The van der Waals surface area contributed by atoms with Crippen LogP contribution in [0.15, 0.2) is 18.2 Å². The monoisotopic (exact) mass is 298 g/mol. The molecule has 1 aliphatic rings. The first kappa shape index (κ1) is 14.9. The summed E-state index contributed by atoms with van der Waals surface area (Å²) in [5.74, 6) is 1.79. The summed E-state index contributed by atoms with van der Waals surface area (Å²) in [5, 5.41) is 1.40. The molecule has 1 aliphatic carbocycles. The van der Waals surface area contributed by atoms with Crippen LogP contribution in [0.5, 0.6) is 0 Å². The Kier molecular flexibility index (Phi) is 4.92. The van der Waals surface area contributed by atoms with Gasteiger partial charge in [0.15, 0.2) is 0 Å². The fraction of sp³-hybridized carbons (Fsp3) is 0.562. The van der Waals surface area contributed by atoms with E-state index in [4.69, 9.17) is 23.2 Å². The summed E-state index contributed by atoms with van der Waals surface area (Å²) < 4.78 is 0. The van der Waals surface area contributed by atoms with E-state index < -0.39 is 0 Å². The van der Waals surface area contributed by atoms with Gasteiger partial charge < -0.3 is 0 Å². The molecule has 0 heterocycles. The smallest absolute Gasteiger partial charge is 0.136 e. The summed E-state index contributed by atoms with van der Waals surface area (Å²) in [6.45, 7) is 4.48. The Balaban J connectivity index is 2.12. The fourth-order valence-corrected chi connectivity index (χ4v) is 3.30. The van der Waals surface area contributed by atoms with Crippen LogP contribution in [0.4, 0.5) is 0 Å². The molecule has 1 aromatic carbocycles. The molecule has 0 radical (unpaired) electrons. The highest BCUT2D eigenvalue weighted by Gasteiger charge is 2.30. The number of carbonyl (C=O) groups is 1. The SMILES string of the molecule is CC(C)C1CCC(=O)C(Cc2cc(Cl)ccc2Cl)C1. The van der Waals surface area contributed by atoms with Crippen molar-refractivity contribution in [3.8, 4) is 0 Å². The van der Waals surface area contributed by atoms with Gasteiger partial charge in [-0.05, 0) is 54.9 Å². The van der Waals surface area contributed by atoms with Crippen LogP contribution in [0.3, 0.4) is 0 Å². The van der Waals surface area contributed by atoms with E-state index in [1.807, 2.05) is 12.1 Å². The van der Waals surface area contributed by atoms with Crippen molar-refractivity contribution < 1.29 is 4.79 Å². The Morgan fingerprint density at radius 1 is 1.32 bits per heavy atom. The molecular formula is C16H20Cl2O. The number of Topliss-reactive ketones (excluding diaryl/α,β-unsaturated/α-hetero) is 1. The Morgan fingerprint density at radius 2 is 2.05 bits per heavy atom. The van der Waals surface area contributed by atoms with Crippen LogP contribution < -0.4 is 0 Å². The molecule has 2 unspecified atom stereocenters. The molecule has 1 saturated carbocycles. The van der Waals surface area contributed by atoms with Gasteiger partial charge in [0.2, 0.25) is 0 Å². The largest absolute Gasteiger partial charge is 0.299 e. The summed E-state index contributed by atoms with van der Waals surface area (Å²) in [7, 11) is 0. The van der Waals surface area contributed by atoms with Gasteiger partial charge >= 0.3 is 0 Å². The van der Waals surface area contributed by atoms with Gasteiger partial charge in [0.25, 0.3) is 0 Å². The molecule has 19 heavy (non-hydrogen) atoms. The van der Waals surface area contributed by atoms with Gasteiger partial charge in [-0.3, -0.25) is 4.79 Å². The van der Waals surface area contributed by atoms with Crippen LogP contribution in [0.2, 0.25) is 10.0 Å². The third-order valence-corrected chi connectivity index (χ3v) is 4.82. The molecule has 1 aromatic rings. The van der Waals surface area contributed by atoms with Crippen LogP contribution in [-0.4, -0.2) is 5.78 Å². The lowest BCUT2D eigenvalue weighted by atomic mass is 9.73. The molecular weight excluding hydrogens is 279 g/mol. The van der Waals surface area contributed by atoms with Gasteiger partial charge in [-0.15, -0.1) is 0 Å². The normalized spacial score (nSPS) is 23.9. The van der Waals surface area contributed by atoms with Crippen molar-refractivity contribution in [3.05, 3.63) is 33.8 Å². The molecule has 2 rings (SSSR count). The second-order valence-corrected chi connectivity index (χ2v) is 6.73. The van der Waals surface area contributed by atoms with Crippen LogP contribution in [0.25, 0.3) is 0 Å². The minimum Gasteiger partial charge on any atom is -0.299 e. The first-order valence-electron chi connectivity index (χ1n) is 6.94. The standard InChI is InChI=1S/C16H20Cl2O/c1-10(2)11-3-6-16(19)13(7-11)8-12-9-14(17)4-5-15(12)18/h4-5,9-11,13H,3,6-8H2,1-2H3. The van der Waals surface area contributed by atoms with Gasteiger partial charge in [-0.25, -0.2) is 0 Å². The maximum atomic E-state index is 12.1. The van der Waals surface area contributed by atoms with E-state index in [9.17, 15) is 4.79 Å². The lowest BCUT2D eigenvalue weighted by Crippen LogP contribution is -2.29. The first-order chi connectivity index (χ1) is 8.97. The Morgan fingerprint density at radius 3 is 2.74 bits per heavy atom. The molecule has 3 heteroatoms. The van der Waals surface area contributed by atoms with E-state index in [1.54, 1.807) is 6.07 Å². The molecule has 0 N–H and O–H groups in total. The van der Waals surface area contributed by atoms with Gasteiger partial charge in [0, 0.05) is 22.4 Å². The zero-order chi connectivity index (χ0) is 14.0. The predicted molar refractivity (Wildman–Crippen MR) is 80.8 cm³/mol. The third kappa shape index (κ3) is 3.73. The molecule has 0 bridgehead atoms. The van der Waals surface area contributed by atoms with Crippen LogP contribution >= 0.6 is 23.2 Å². The lowest BCUT2D eigenvalue weighted by molar-refractivity contribution is -0.125. The van der Waals surface area contributed by atoms with Crippen molar-refractivity contribution in [1.82, 2.24) is 0 Å². The highest BCUT2D eigenvalue weighted by Crippen LogP contribution is 2.34. The van der Waals surface area contributed by atoms with Gasteiger partial charge in [0.05, 0.1) is 0 Å². The second kappa shape index (κ2) is 6.28. The molecule has 1 fully saturated rings. The maximum Gasteiger partial charge on any atom is 0.136 e. The molecule has 0 spiro atoms. The lowest BCUT2D eigenvalue weighted by Gasteiger charge is -2.30. The number of ketones is 1. The van der Waals surface area contributed by atoms with Crippen LogP contribution in [0.1, 0.15) is 38.7 Å². The minimum atomic E-state index is 0.108. The van der Waals surface area contributed by atoms with Crippen molar-refractivity contribution in [3.63, 3.8) is 0 Å². The quantitative estimate of drug-likeness (QED) is 0.752. The fourth-order valence-electron chi connectivity index (χ4n) is 2.91. The Bertz CT molecular complexity index is 468. The Labute approximate surface area is 125 Å². The van der Waals surface area contributed by atoms with Gasteiger partial charge in [-0.2, -0.15) is 0 Å². The van der Waals surface area contributed by atoms with Crippen molar-refractivity contribution >= 4 is 29.0 Å². The first-order valence-corrected chi connectivity index (χ1v) is 7.69. The summed E-state index contributed by atoms with van der Waals surface area (Å²) in [6.07, 6.45) is 3.46. The number of hydrogen-bond acceptors (Lipinski definition) is 1. The van der Waals surface area contributed by atoms with Crippen molar-refractivity contribution in [2.45, 2.75) is 39.5 Å². The molecule has 0 aliphatic heterocycles. The minimum absolute atomic E-state index is 0.108. The highest BCUT2D eigenvalue weighted by atomic mass is 35.5. The second-order valence-electron chi connectivity index (χ2n) is 5.88. The number of rotatable bonds is 3. The molecule has 0 aromatic heterocycles. The average Bonchev–Trinajstić information content (AvgIpc) is 2.36. The van der Waals surface area contributed by atoms with Crippen LogP contribution in [0, 0.1) is 17.8 Å². The van der Waals surface area contributed by atoms with E-state index in [0.717, 1.165) is 24.8 Å². The third-order valence-electron chi connectivity index (χ3n) is 4.22. The van der Waals surface area contributed by atoms with Crippen molar-refractivity contribution in [1.29, 1.82) is 0 Å². The van der Waals surface area contributed by atoms with E-state index >= 15 is 0 Å². The number of benzene rings is 1. The van der Waals surface area contributed by atoms with Gasteiger partial charge in [0.1, 0.15) is 5.78 Å². The molecule has 0 saturated heterocycles. The molecule has 104 valence electrons. The predicted octanol–water partition coefficient (Wildman–Crippen LogP) is 5.18. The topological polar surface area (TPSA) is 17.1 Å². The number of hydrogen-bond donors (Lipinski definition) is 0. The molecule has 0 amide bonds. The highest BCUT2D eigenvalue weighted by molar-refractivity contribution is 6.33. The van der Waals surface area contributed by atoms with Crippen molar-refractivity contribution in [2.75, 3.05) is 0 Å². The zero-order valence-corrected chi connectivity index (χ0v) is 13.0. The summed E-state index contributed by atoms with van der Waals surface area (Å²) in [4.78, 5) is 12.1. The van der Waals surface area contributed by atoms with Crippen molar-refractivity contribution in [2.24, 2.45) is 17.8 Å². The van der Waals surface area contributed by atoms with Gasteiger partial charge in [-0.1, -0.05) is 37.0 Å². The number of halogens is 2.